The second-order valence-electron chi connectivity index (χ2n) is 11.1. The molecule has 0 aliphatic carbocycles. The number of azide groups is 1. The van der Waals surface area contributed by atoms with Gasteiger partial charge in [0.15, 0.2) is 10.2 Å². The maximum atomic E-state index is 14.8. The molecule has 0 aromatic heterocycles. The van der Waals surface area contributed by atoms with Crippen molar-refractivity contribution in [2.45, 2.75) is 39.6 Å². The van der Waals surface area contributed by atoms with Gasteiger partial charge in [-0.15, -0.1) is 0 Å². The predicted molar refractivity (Wildman–Crippen MR) is 170 cm³/mol. The number of nitrogens with zero attached hydrogens (tertiary/aromatic N) is 6. The van der Waals surface area contributed by atoms with Gasteiger partial charge in [0, 0.05) is 24.9 Å². The van der Waals surface area contributed by atoms with Crippen LogP contribution in [-0.2, 0) is 25.0 Å². The van der Waals surface area contributed by atoms with Crippen molar-refractivity contribution in [2.24, 2.45) is 5.11 Å². The standard InChI is InChI=1S/C30H28N6O6S3/c1-34-26-25(37)35-27-29(18-30(35,28(34)38)44-43-26,19-8-10-20(41-2)11-9-19)23-6-3-4-7-24(23)36(27)45(39,40)22-14-12-21(13-15-22)42-17-5-16-32-33-31/h3-4,6-15,26-27H,5,16-18H2,1-2H3/t26-,27-,29-,30-/m0/s1. The van der Waals surface area contributed by atoms with E-state index < -0.39 is 31.8 Å². The highest BCUT2D eigenvalue weighted by Crippen LogP contribution is 2.69. The van der Waals surface area contributed by atoms with Crippen molar-refractivity contribution in [3.63, 3.8) is 0 Å². The molecule has 4 atom stereocenters. The van der Waals surface area contributed by atoms with Crippen molar-refractivity contribution >= 4 is 49.1 Å². The van der Waals surface area contributed by atoms with E-state index in [0.29, 0.717) is 36.8 Å². The monoisotopic (exact) mass is 664 g/mol. The molecule has 12 nitrogen and oxygen atoms in total. The van der Waals surface area contributed by atoms with Gasteiger partial charge < -0.3 is 14.4 Å². The summed E-state index contributed by atoms with van der Waals surface area (Å²) in [4.78, 5) is 32.7. The molecule has 4 saturated heterocycles. The summed E-state index contributed by atoms with van der Waals surface area (Å²) in [5.74, 6) is 0.595. The largest absolute Gasteiger partial charge is 0.497 e. The zero-order chi connectivity index (χ0) is 31.6. The van der Waals surface area contributed by atoms with Crippen LogP contribution in [0.2, 0.25) is 0 Å². The molecule has 15 heteroatoms. The van der Waals surface area contributed by atoms with E-state index in [1.54, 1.807) is 43.3 Å². The summed E-state index contributed by atoms with van der Waals surface area (Å²) in [5, 5.41) is 2.72. The van der Waals surface area contributed by atoms with Crippen LogP contribution in [0.4, 0.5) is 5.69 Å². The van der Waals surface area contributed by atoms with Gasteiger partial charge in [0.25, 0.3) is 21.8 Å². The van der Waals surface area contributed by atoms with Crippen molar-refractivity contribution < 1.29 is 27.5 Å². The molecule has 0 unspecified atom stereocenters. The Morgan fingerprint density at radius 1 is 1.04 bits per heavy atom. The lowest BCUT2D eigenvalue weighted by Crippen LogP contribution is -2.72. The molecule has 0 N–H and O–H groups in total. The zero-order valence-corrected chi connectivity index (χ0v) is 26.7. The van der Waals surface area contributed by atoms with Crippen LogP contribution in [0.25, 0.3) is 10.4 Å². The van der Waals surface area contributed by atoms with Crippen LogP contribution in [0.1, 0.15) is 24.0 Å². The number of para-hydroxylation sites is 1. The second-order valence-corrected chi connectivity index (χ2v) is 15.5. The number of amides is 2. The van der Waals surface area contributed by atoms with Crippen LogP contribution in [0.5, 0.6) is 11.5 Å². The number of hydrogen-bond acceptors (Lipinski definition) is 9. The summed E-state index contributed by atoms with van der Waals surface area (Å²) in [5.41, 5.74) is 9.36. The summed E-state index contributed by atoms with van der Waals surface area (Å²) in [6, 6.07) is 20.8. The highest BCUT2D eigenvalue weighted by atomic mass is 33.1. The first-order valence-corrected chi connectivity index (χ1v) is 17.8. The van der Waals surface area contributed by atoms with E-state index in [9.17, 15) is 18.0 Å². The summed E-state index contributed by atoms with van der Waals surface area (Å²) < 4.78 is 42.0. The molecule has 4 fully saturated rings. The summed E-state index contributed by atoms with van der Waals surface area (Å²) in [6.07, 6.45) is -0.325. The van der Waals surface area contributed by atoms with Crippen LogP contribution in [0.15, 0.2) is 82.8 Å². The van der Waals surface area contributed by atoms with Crippen molar-refractivity contribution in [2.75, 3.05) is 31.6 Å². The van der Waals surface area contributed by atoms with E-state index >= 15 is 0 Å². The average Bonchev–Trinajstić information content (AvgIpc) is 3.52. The Morgan fingerprint density at radius 3 is 2.47 bits per heavy atom. The Balaban J connectivity index is 1.37. The molecule has 232 valence electrons. The Hall–Kier alpha value is -4.04. The zero-order valence-electron chi connectivity index (χ0n) is 24.3. The topological polar surface area (TPSA) is 145 Å². The quantitative estimate of drug-likeness (QED) is 0.105. The minimum Gasteiger partial charge on any atom is -0.497 e. The molecule has 1 spiro atoms. The number of fused-ring (bicyclic) bond motifs is 5. The van der Waals surface area contributed by atoms with Crippen LogP contribution >= 0.6 is 21.6 Å². The Kier molecular flexibility index (Phi) is 7.11. The Bertz CT molecular complexity index is 1850. The van der Waals surface area contributed by atoms with Crippen LogP contribution in [0.3, 0.4) is 0 Å². The third-order valence-corrected chi connectivity index (χ3v) is 13.9. The van der Waals surface area contributed by atoms with E-state index in [-0.39, 0.29) is 23.1 Å². The molecule has 0 radical (unpaired) electrons. The Labute approximate surface area is 267 Å². The highest BCUT2D eigenvalue weighted by Gasteiger charge is 2.77. The number of hydrogen-bond donors (Lipinski definition) is 0. The van der Waals surface area contributed by atoms with Gasteiger partial charge in [-0.05, 0) is 65.5 Å². The minimum atomic E-state index is -4.28. The SMILES string of the molecule is COc1ccc([C@]23C[C@@]45SS[C@@H](C(=O)N4[C@H]2N(S(=O)(=O)c2ccc(OCCCN=[N+]=[N-])cc2)c2ccccc23)N(C)C5=O)cc1. The van der Waals surface area contributed by atoms with Crippen LogP contribution in [0, 0.1) is 0 Å². The first-order valence-electron chi connectivity index (χ1n) is 14.2. The van der Waals surface area contributed by atoms with E-state index in [1.807, 2.05) is 36.4 Å². The molecule has 3 aromatic carbocycles. The van der Waals surface area contributed by atoms with E-state index in [1.165, 1.54) is 42.9 Å². The van der Waals surface area contributed by atoms with Gasteiger partial charge >= 0.3 is 0 Å². The molecule has 5 heterocycles. The fourth-order valence-corrected chi connectivity index (χ4v) is 12.0. The number of carbonyl (C=O) groups is 2. The molecule has 2 amide bonds. The number of carbonyl (C=O) groups excluding carboxylic acids is 2. The molecular formula is C30H28N6O6S3. The number of piperazine rings is 1. The lowest BCUT2D eigenvalue weighted by atomic mass is 9.72. The number of likely N-dealkylation sites (N-methyl/N-ethyl adjacent to an activating group) is 1. The molecule has 45 heavy (non-hydrogen) atoms. The number of anilines is 1. The third-order valence-electron chi connectivity index (χ3n) is 8.89. The maximum Gasteiger partial charge on any atom is 0.266 e. The van der Waals surface area contributed by atoms with Crippen molar-refractivity contribution in [1.82, 2.24) is 9.80 Å². The minimum absolute atomic E-state index is 0.0188. The Morgan fingerprint density at radius 2 is 1.76 bits per heavy atom. The molecule has 5 aliphatic rings. The van der Waals surface area contributed by atoms with Gasteiger partial charge in [-0.3, -0.25) is 14.5 Å². The number of benzene rings is 3. The number of rotatable bonds is 9. The fourth-order valence-electron chi connectivity index (χ4n) is 6.91. The smallest absolute Gasteiger partial charge is 0.266 e. The van der Waals surface area contributed by atoms with Gasteiger partial charge in [0.1, 0.15) is 17.7 Å². The first kappa shape index (κ1) is 29.7. The van der Waals surface area contributed by atoms with Gasteiger partial charge in [-0.1, -0.05) is 57.0 Å². The predicted octanol–water partition coefficient (Wildman–Crippen LogP) is 4.72. The molecule has 0 saturated carbocycles. The fraction of sp³-hybridized carbons (Fsp3) is 0.333. The maximum absolute atomic E-state index is 14.8. The molecule has 3 aromatic rings. The summed E-state index contributed by atoms with van der Waals surface area (Å²) in [7, 11) is 1.61. The summed E-state index contributed by atoms with van der Waals surface area (Å²) >= 11 is 0. The van der Waals surface area contributed by atoms with E-state index in [4.69, 9.17) is 15.0 Å². The molecular weight excluding hydrogens is 637 g/mol. The van der Waals surface area contributed by atoms with E-state index in [0.717, 1.165) is 11.1 Å². The third kappa shape index (κ3) is 4.14. The highest BCUT2D eigenvalue weighted by molar-refractivity contribution is 8.78. The normalized spacial score (nSPS) is 26.3. The van der Waals surface area contributed by atoms with E-state index in [2.05, 4.69) is 10.0 Å². The number of ether oxygens (including phenoxy) is 2. The van der Waals surface area contributed by atoms with Gasteiger partial charge in [-0.2, -0.15) is 0 Å². The van der Waals surface area contributed by atoms with Crippen LogP contribution < -0.4 is 13.8 Å². The molecule has 8 rings (SSSR count). The molecule has 2 bridgehead atoms. The second kappa shape index (κ2) is 10.8. The number of methoxy groups -OCH3 is 1. The van der Waals surface area contributed by atoms with Gasteiger partial charge in [0.2, 0.25) is 0 Å². The lowest BCUT2D eigenvalue weighted by molar-refractivity contribution is -0.158. The van der Waals surface area contributed by atoms with Crippen molar-refractivity contribution in [3.05, 3.63) is 94.4 Å². The number of sulfonamides is 1. The first-order chi connectivity index (χ1) is 21.7. The van der Waals surface area contributed by atoms with Gasteiger partial charge in [-0.25, -0.2) is 12.7 Å². The lowest BCUT2D eigenvalue weighted by Gasteiger charge is -2.53. The van der Waals surface area contributed by atoms with Crippen molar-refractivity contribution in [1.29, 1.82) is 0 Å². The van der Waals surface area contributed by atoms with Gasteiger partial charge in [0.05, 0.1) is 29.7 Å². The molecule has 5 aliphatic heterocycles. The van der Waals surface area contributed by atoms with Crippen molar-refractivity contribution in [3.8, 4) is 11.5 Å². The average molecular weight is 665 g/mol. The van der Waals surface area contributed by atoms with Crippen LogP contribution in [-0.4, -0.2) is 73.8 Å². The summed E-state index contributed by atoms with van der Waals surface area (Å²) in [6.45, 7) is 0.594.